The van der Waals surface area contributed by atoms with Crippen molar-refractivity contribution in [3.05, 3.63) is 58.1 Å². The van der Waals surface area contributed by atoms with Crippen molar-refractivity contribution in [1.82, 2.24) is 5.32 Å². The number of hydrogen-bond acceptors (Lipinski definition) is 3. The van der Waals surface area contributed by atoms with Gasteiger partial charge in [-0.15, -0.1) is 11.8 Å². The molecule has 2 atom stereocenters. The summed E-state index contributed by atoms with van der Waals surface area (Å²) in [6.07, 6.45) is 3.14. The lowest BCUT2D eigenvalue weighted by Crippen LogP contribution is -2.26. The van der Waals surface area contributed by atoms with Gasteiger partial charge >= 0.3 is 0 Å². The molecule has 1 heterocycles. The molecule has 0 amide bonds. The fraction of sp³-hybridized carbons (Fsp3) is 0.294. The number of halogens is 1. The van der Waals surface area contributed by atoms with Crippen molar-refractivity contribution in [2.45, 2.75) is 23.5 Å². The summed E-state index contributed by atoms with van der Waals surface area (Å²) in [7, 11) is 2.01. The Balaban J connectivity index is 1.90. The molecular weight excluding hydrogens is 346 g/mol. The normalized spacial score (nSPS) is 20.7. The van der Waals surface area contributed by atoms with E-state index in [-0.39, 0.29) is 6.10 Å². The largest absolute Gasteiger partial charge is 0.485 e. The second-order valence-corrected chi connectivity index (χ2v) is 6.93. The summed E-state index contributed by atoms with van der Waals surface area (Å²) in [6.45, 7) is 0. The molecule has 0 aliphatic carbocycles. The SMILES string of the molecule is CNC1CC(c2ccc(SC)cc2)Oc2ccc(Br)cc21. The van der Waals surface area contributed by atoms with Crippen molar-refractivity contribution in [1.29, 1.82) is 0 Å². The lowest BCUT2D eigenvalue weighted by molar-refractivity contribution is 0.154. The van der Waals surface area contributed by atoms with Crippen LogP contribution in [0.25, 0.3) is 0 Å². The first kappa shape index (κ1) is 14.9. The molecule has 1 aliphatic rings. The van der Waals surface area contributed by atoms with Gasteiger partial charge < -0.3 is 10.1 Å². The molecule has 21 heavy (non-hydrogen) atoms. The molecule has 2 nitrogen and oxygen atoms in total. The summed E-state index contributed by atoms with van der Waals surface area (Å²) >= 11 is 5.30. The summed E-state index contributed by atoms with van der Waals surface area (Å²) in [4.78, 5) is 1.28. The van der Waals surface area contributed by atoms with E-state index in [1.807, 2.05) is 19.2 Å². The Morgan fingerprint density at radius 1 is 1.19 bits per heavy atom. The van der Waals surface area contributed by atoms with Crippen molar-refractivity contribution >= 4 is 27.7 Å². The van der Waals surface area contributed by atoms with Gasteiger partial charge in [-0.25, -0.2) is 0 Å². The van der Waals surface area contributed by atoms with Crippen LogP contribution in [0.15, 0.2) is 51.8 Å². The molecule has 4 heteroatoms. The monoisotopic (exact) mass is 363 g/mol. The smallest absolute Gasteiger partial charge is 0.126 e. The van der Waals surface area contributed by atoms with Gasteiger partial charge in [-0.05, 0) is 49.2 Å². The topological polar surface area (TPSA) is 21.3 Å². The molecule has 1 aliphatic heterocycles. The van der Waals surface area contributed by atoms with Crippen molar-refractivity contribution in [2.75, 3.05) is 13.3 Å². The molecule has 2 aromatic rings. The van der Waals surface area contributed by atoms with Gasteiger partial charge in [-0.2, -0.15) is 0 Å². The number of ether oxygens (including phenoxy) is 1. The molecule has 0 saturated heterocycles. The van der Waals surface area contributed by atoms with E-state index in [0.29, 0.717) is 6.04 Å². The Hall–Kier alpha value is -0.970. The van der Waals surface area contributed by atoms with Crippen molar-refractivity contribution in [3.8, 4) is 5.75 Å². The maximum atomic E-state index is 6.21. The Morgan fingerprint density at radius 2 is 1.95 bits per heavy atom. The highest BCUT2D eigenvalue weighted by Crippen LogP contribution is 2.41. The predicted octanol–water partition coefficient (Wildman–Crippen LogP) is 4.96. The van der Waals surface area contributed by atoms with Crippen molar-refractivity contribution < 1.29 is 4.74 Å². The van der Waals surface area contributed by atoms with Crippen LogP contribution in [0, 0.1) is 0 Å². The van der Waals surface area contributed by atoms with E-state index in [2.05, 4.69) is 57.8 Å². The third-order valence-electron chi connectivity index (χ3n) is 3.90. The van der Waals surface area contributed by atoms with E-state index in [0.717, 1.165) is 16.6 Å². The lowest BCUT2D eigenvalue weighted by Gasteiger charge is -2.32. The average Bonchev–Trinajstić information content (AvgIpc) is 2.54. The standard InChI is InChI=1S/C17H18BrNOS/c1-19-15-10-17(11-3-6-13(21-2)7-4-11)20-16-8-5-12(18)9-14(15)16/h3-9,15,17,19H,10H2,1-2H3. The summed E-state index contributed by atoms with van der Waals surface area (Å²) < 4.78 is 7.30. The fourth-order valence-electron chi connectivity index (χ4n) is 2.74. The van der Waals surface area contributed by atoms with Gasteiger partial charge in [0, 0.05) is 27.4 Å². The number of nitrogens with one attached hydrogen (secondary N) is 1. The minimum atomic E-state index is 0.104. The summed E-state index contributed by atoms with van der Waals surface area (Å²) in [5, 5.41) is 3.40. The van der Waals surface area contributed by atoms with Crippen molar-refractivity contribution in [2.24, 2.45) is 0 Å². The van der Waals surface area contributed by atoms with Crippen LogP contribution in [-0.2, 0) is 0 Å². The van der Waals surface area contributed by atoms with Gasteiger partial charge in [0.1, 0.15) is 11.9 Å². The highest BCUT2D eigenvalue weighted by Gasteiger charge is 2.28. The zero-order valence-corrected chi connectivity index (χ0v) is 14.5. The summed E-state index contributed by atoms with van der Waals surface area (Å²) in [5.41, 5.74) is 2.46. The molecule has 0 spiro atoms. The zero-order chi connectivity index (χ0) is 14.8. The van der Waals surface area contributed by atoms with Gasteiger partial charge in [-0.1, -0.05) is 28.1 Å². The van der Waals surface area contributed by atoms with E-state index in [4.69, 9.17) is 4.74 Å². The van der Waals surface area contributed by atoms with Crippen LogP contribution in [0.1, 0.15) is 29.7 Å². The fourth-order valence-corrected chi connectivity index (χ4v) is 3.52. The highest BCUT2D eigenvalue weighted by atomic mass is 79.9. The maximum absolute atomic E-state index is 6.21. The minimum absolute atomic E-state index is 0.104. The minimum Gasteiger partial charge on any atom is -0.485 e. The Kier molecular flexibility index (Phi) is 4.57. The number of benzene rings is 2. The molecular formula is C17H18BrNOS. The van der Waals surface area contributed by atoms with Gasteiger partial charge in [-0.3, -0.25) is 0 Å². The number of hydrogen-bond donors (Lipinski definition) is 1. The molecule has 0 radical (unpaired) electrons. The van der Waals surface area contributed by atoms with Crippen LogP contribution >= 0.6 is 27.7 Å². The van der Waals surface area contributed by atoms with Gasteiger partial charge in [0.15, 0.2) is 0 Å². The molecule has 0 fully saturated rings. The van der Waals surface area contributed by atoms with E-state index in [9.17, 15) is 0 Å². The number of fused-ring (bicyclic) bond motifs is 1. The van der Waals surface area contributed by atoms with Gasteiger partial charge in [0.2, 0.25) is 0 Å². The highest BCUT2D eigenvalue weighted by molar-refractivity contribution is 9.10. The van der Waals surface area contributed by atoms with Crippen LogP contribution in [0.4, 0.5) is 0 Å². The average molecular weight is 364 g/mol. The second kappa shape index (κ2) is 6.42. The molecule has 110 valence electrons. The molecule has 2 aromatic carbocycles. The zero-order valence-electron chi connectivity index (χ0n) is 12.1. The van der Waals surface area contributed by atoms with Crippen LogP contribution < -0.4 is 10.1 Å². The lowest BCUT2D eigenvalue weighted by atomic mass is 9.93. The summed E-state index contributed by atoms with van der Waals surface area (Å²) in [5.74, 6) is 0.975. The predicted molar refractivity (Wildman–Crippen MR) is 92.2 cm³/mol. The molecule has 2 unspecified atom stereocenters. The maximum Gasteiger partial charge on any atom is 0.126 e. The number of rotatable bonds is 3. The van der Waals surface area contributed by atoms with E-state index in [1.165, 1.54) is 16.0 Å². The number of thioether (sulfide) groups is 1. The molecule has 0 aromatic heterocycles. The molecule has 1 N–H and O–H groups in total. The quantitative estimate of drug-likeness (QED) is 0.779. The first-order chi connectivity index (χ1) is 10.2. The van der Waals surface area contributed by atoms with Crippen molar-refractivity contribution in [3.63, 3.8) is 0 Å². The van der Waals surface area contributed by atoms with E-state index >= 15 is 0 Å². The first-order valence-electron chi connectivity index (χ1n) is 6.98. The Labute approximate surface area is 138 Å². The van der Waals surface area contributed by atoms with E-state index in [1.54, 1.807) is 11.8 Å². The molecule has 0 saturated carbocycles. The third kappa shape index (κ3) is 3.12. The van der Waals surface area contributed by atoms with Crippen LogP contribution in [-0.4, -0.2) is 13.3 Å². The Morgan fingerprint density at radius 3 is 2.62 bits per heavy atom. The third-order valence-corrected chi connectivity index (χ3v) is 5.14. The second-order valence-electron chi connectivity index (χ2n) is 5.14. The Bertz CT molecular complexity index is 629. The van der Waals surface area contributed by atoms with Gasteiger partial charge in [0.25, 0.3) is 0 Å². The summed E-state index contributed by atoms with van der Waals surface area (Å²) in [6, 6.07) is 15.2. The molecule has 3 rings (SSSR count). The molecule has 0 bridgehead atoms. The van der Waals surface area contributed by atoms with Gasteiger partial charge in [0.05, 0.1) is 0 Å². The van der Waals surface area contributed by atoms with Crippen LogP contribution in [0.2, 0.25) is 0 Å². The van der Waals surface area contributed by atoms with E-state index < -0.39 is 0 Å². The van der Waals surface area contributed by atoms with Crippen LogP contribution in [0.5, 0.6) is 5.75 Å². The first-order valence-corrected chi connectivity index (χ1v) is 9.00. The van der Waals surface area contributed by atoms with Crippen LogP contribution in [0.3, 0.4) is 0 Å².